The molecular weight excluding hydrogens is 204 g/mol. The maximum Gasteiger partial charge on any atom is 0.0471 e. The van der Waals surface area contributed by atoms with Crippen molar-refractivity contribution in [2.75, 3.05) is 12.4 Å². The molecule has 0 spiro atoms. The van der Waals surface area contributed by atoms with Crippen LogP contribution in [-0.4, -0.2) is 17.5 Å². The summed E-state index contributed by atoms with van der Waals surface area (Å²) in [6.07, 6.45) is 4.69. The molecule has 1 rings (SSSR count). The third kappa shape index (κ3) is 5.24. The van der Waals surface area contributed by atoms with Gasteiger partial charge >= 0.3 is 0 Å². The quantitative estimate of drug-likeness (QED) is 0.565. The van der Waals surface area contributed by atoms with Crippen molar-refractivity contribution in [3.8, 4) is 0 Å². The van der Waals surface area contributed by atoms with E-state index in [2.05, 4.69) is 31.2 Å². The van der Waals surface area contributed by atoms with Gasteiger partial charge in [0.05, 0.1) is 0 Å². The molecule has 0 atom stereocenters. The van der Waals surface area contributed by atoms with Gasteiger partial charge in [0.2, 0.25) is 0 Å². The third-order valence-electron chi connectivity index (χ3n) is 2.34. The van der Waals surface area contributed by atoms with Crippen LogP contribution < -0.4 is 0 Å². The van der Waals surface area contributed by atoms with Crippen LogP contribution in [0.5, 0.6) is 0 Å². The van der Waals surface area contributed by atoms with Crippen LogP contribution in [0.25, 0.3) is 0 Å². The van der Waals surface area contributed by atoms with E-state index in [0.717, 1.165) is 6.42 Å². The van der Waals surface area contributed by atoms with Crippen LogP contribution in [0, 0.1) is 0 Å². The van der Waals surface area contributed by atoms with E-state index >= 15 is 0 Å². The van der Waals surface area contributed by atoms with E-state index in [-0.39, 0.29) is 6.61 Å². The van der Waals surface area contributed by atoms with Crippen LogP contribution in [0.4, 0.5) is 0 Å². The maximum atomic E-state index is 8.78. The van der Waals surface area contributed by atoms with Crippen molar-refractivity contribution in [3.63, 3.8) is 0 Å². The van der Waals surface area contributed by atoms with E-state index in [0.29, 0.717) is 0 Å². The summed E-state index contributed by atoms with van der Waals surface area (Å²) in [6, 6.07) is 8.53. The van der Waals surface area contributed by atoms with Crippen LogP contribution in [0.3, 0.4) is 0 Å². The second-order valence-electron chi connectivity index (χ2n) is 3.67. The first-order valence-electron chi connectivity index (χ1n) is 5.69. The van der Waals surface area contributed by atoms with Gasteiger partial charge in [0, 0.05) is 11.5 Å². The summed E-state index contributed by atoms with van der Waals surface area (Å²) >= 11 is 1.92. The highest BCUT2D eigenvalue weighted by Crippen LogP contribution is 2.20. The molecule has 0 bridgehead atoms. The lowest BCUT2D eigenvalue weighted by Gasteiger charge is -2.02. The first-order valence-corrected chi connectivity index (χ1v) is 6.68. The second-order valence-corrected chi connectivity index (χ2v) is 4.84. The zero-order chi connectivity index (χ0) is 10.9. The first-order chi connectivity index (χ1) is 7.36. The number of thioether (sulfide) groups is 1. The minimum Gasteiger partial charge on any atom is -0.396 e. The van der Waals surface area contributed by atoms with E-state index in [1.165, 1.54) is 35.5 Å². The molecule has 0 radical (unpaired) electrons. The molecule has 0 aliphatic heterocycles. The van der Waals surface area contributed by atoms with Crippen molar-refractivity contribution in [1.82, 2.24) is 0 Å². The Morgan fingerprint density at radius 3 is 2.47 bits per heavy atom. The summed E-state index contributed by atoms with van der Waals surface area (Å²) in [5.41, 5.74) is 1.22. The van der Waals surface area contributed by atoms with Gasteiger partial charge in [0.15, 0.2) is 0 Å². The van der Waals surface area contributed by atoms with Gasteiger partial charge in [0.25, 0.3) is 0 Å². The molecule has 0 aromatic heterocycles. The summed E-state index contributed by atoms with van der Waals surface area (Å²) in [7, 11) is 0. The van der Waals surface area contributed by atoms with E-state index in [1.54, 1.807) is 0 Å². The first kappa shape index (κ1) is 12.6. The zero-order valence-corrected chi connectivity index (χ0v) is 10.2. The Kier molecular flexibility index (Phi) is 6.53. The lowest BCUT2D eigenvalue weighted by Crippen LogP contribution is -1.89. The van der Waals surface area contributed by atoms with E-state index in [4.69, 9.17) is 5.11 Å². The fourth-order valence-electron chi connectivity index (χ4n) is 1.42. The van der Waals surface area contributed by atoms with Crippen molar-refractivity contribution in [1.29, 1.82) is 0 Å². The molecule has 0 saturated heterocycles. The Labute approximate surface area is 96.9 Å². The number of hydrogen-bond donors (Lipinski definition) is 1. The highest BCUT2D eigenvalue weighted by atomic mass is 32.2. The summed E-state index contributed by atoms with van der Waals surface area (Å²) in [6.45, 7) is 2.47. The van der Waals surface area contributed by atoms with Gasteiger partial charge in [-0.25, -0.2) is 0 Å². The van der Waals surface area contributed by atoms with Crippen LogP contribution in [-0.2, 0) is 6.42 Å². The summed E-state index contributed by atoms with van der Waals surface area (Å²) in [5, 5.41) is 8.78. The molecule has 15 heavy (non-hydrogen) atoms. The Hall–Kier alpha value is -0.470. The van der Waals surface area contributed by atoms with E-state index in [1.807, 2.05) is 11.8 Å². The highest BCUT2D eigenvalue weighted by molar-refractivity contribution is 7.99. The van der Waals surface area contributed by atoms with E-state index < -0.39 is 0 Å². The van der Waals surface area contributed by atoms with Gasteiger partial charge < -0.3 is 5.11 Å². The second kappa shape index (κ2) is 7.77. The molecule has 0 aliphatic carbocycles. The van der Waals surface area contributed by atoms with Crippen molar-refractivity contribution in [3.05, 3.63) is 29.8 Å². The number of benzene rings is 1. The van der Waals surface area contributed by atoms with Crippen LogP contribution in [0.2, 0.25) is 0 Å². The van der Waals surface area contributed by atoms with Crippen molar-refractivity contribution >= 4 is 11.8 Å². The molecule has 2 heteroatoms. The fourth-order valence-corrected chi connectivity index (χ4v) is 2.34. The molecule has 0 aliphatic rings. The molecule has 0 unspecified atom stereocenters. The molecule has 0 saturated carbocycles. The molecule has 0 fully saturated rings. The predicted molar refractivity (Wildman–Crippen MR) is 67.5 cm³/mol. The zero-order valence-electron chi connectivity index (χ0n) is 9.41. The molecular formula is C13H20OS. The number of aliphatic hydroxyl groups excluding tert-OH is 1. The molecule has 1 N–H and O–H groups in total. The summed E-state index contributed by atoms with van der Waals surface area (Å²) in [5.74, 6) is 1.22. The van der Waals surface area contributed by atoms with Gasteiger partial charge in [-0.2, -0.15) is 0 Å². The lowest BCUT2D eigenvalue weighted by atomic mass is 10.2. The summed E-state index contributed by atoms with van der Waals surface area (Å²) < 4.78 is 0. The topological polar surface area (TPSA) is 20.2 Å². The molecule has 1 nitrogen and oxygen atoms in total. The number of aliphatic hydroxyl groups is 1. The Bertz CT molecular complexity index is 256. The number of unbranched alkanes of at least 4 members (excludes halogenated alkanes) is 2. The highest BCUT2D eigenvalue weighted by Gasteiger charge is 1.95. The molecule has 84 valence electrons. The Morgan fingerprint density at radius 2 is 1.87 bits per heavy atom. The number of hydrogen-bond acceptors (Lipinski definition) is 2. The molecule has 0 heterocycles. The Morgan fingerprint density at radius 1 is 1.13 bits per heavy atom. The van der Waals surface area contributed by atoms with Gasteiger partial charge in [-0.1, -0.05) is 31.9 Å². The number of rotatable bonds is 7. The van der Waals surface area contributed by atoms with E-state index in [9.17, 15) is 0 Å². The average molecular weight is 224 g/mol. The van der Waals surface area contributed by atoms with Gasteiger partial charge in [-0.05, 0) is 36.3 Å². The van der Waals surface area contributed by atoms with Crippen molar-refractivity contribution in [2.45, 2.75) is 37.5 Å². The minimum absolute atomic E-state index is 0.239. The normalized spacial score (nSPS) is 10.5. The van der Waals surface area contributed by atoms with Crippen molar-refractivity contribution < 1.29 is 5.11 Å². The Balaban J connectivity index is 2.29. The average Bonchev–Trinajstić information content (AvgIpc) is 2.27. The maximum absolute atomic E-state index is 8.78. The monoisotopic (exact) mass is 224 g/mol. The minimum atomic E-state index is 0.239. The standard InChI is InChI=1S/C13H20OS/c1-2-3-4-11-15-13-7-5-12(6-8-13)9-10-14/h5-8,14H,2-4,9-11H2,1H3. The smallest absolute Gasteiger partial charge is 0.0471 e. The SMILES string of the molecule is CCCCCSc1ccc(CCO)cc1. The third-order valence-corrected chi connectivity index (χ3v) is 3.44. The molecule has 1 aromatic carbocycles. The lowest BCUT2D eigenvalue weighted by molar-refractivity contribution is 0.299. The van der Waals surface area contributed by atoms with Crippen molar-refractivity contribution in [2.24, 2.45) is 0 Å². The van der Waals surface area contributed by atoms with Gasteiger partial charge in [-0.15, -0.1) is 11.8 Å². The van der Waals surface area contributed by atoms with Crippen LogP contribution in [0.15, 0.2) is 29.2 Å². The molecule has 1 aromatic rings. The van der Waals surface area contributed by atoms with Crippen LogP contribution in [0.1, 0.15) is 31.7 Å². The van der Waals surface area contributed by atoms with Gasteiger partial charge in [0.1, 0.15) is 0 Å². The van der Waals surface area contributed by atoms with Gasteiger partial charge in [-0.3, -0.25) is 0 Å². The largest absolute Gasteiger partial charge is 0.396 e. The fraction of sp³-hybridized carbons (Fsp3) is 0.538. The summed E-state index contributed by atoms with van der Waals surface area (Å²) in [4.78, 5) is 1.34. The predicted octanol–water partition coefficient (Wildman–Crippen LogP) is 3.50. The van der Waals surface area contributed by atoms with Crippen LogP contribution >= 0.6 is 11.8 Å². The molecule has 0 amide bonds.